The summed E-state index contributed by atoms with van der Waals surface area (Å²) in [4.78, 5) is 36.1. The van der Waals surface area contributed by atoms with Crippen LogP contribution in [0, 0.1) is 6.92 Å². The fourth-order valence-electron chi connectivity index (χ4n) is 3.39. The van der Waals surface area contributed by atoms with E-state index in [-0.39, 0.29) is 24.1 Å². The number of aryl methyl sites for hydroxylation is 1. The minimum Gasteiger partial charge on any atom is -0.326 e. The molecule has 4 rings (SSSR count). The van der Waals surface area contributed by atoms with Gasteiger partial charge in [0.05, 0.1) is 12.6 Å². The number of nitrogens with one attached hydrogen (secondary N) is 3. The average molecular weight is 403 g/mol. The summed E-state index contributed by atoms with van der Waals surface area (Å²) in [7, 11) is 0. The van der Waals surface area contributed by atoms with Crippen LogP contribution in [0.3, 0.4) is 0 Å². The molecule has 0 saturated heterocycles. The van der Waals surface area contributed by atoms with Gasteiger partial charge in [-0.1, -0.05) is 29.8 Å². The Bertz CT molecular complexity index is 1120. The van der Waals surface area contributed by atoms with Gasteiger partial charge >= 0.3 is 0 Å². The molecular formula is C22H21N5O3. The van der Waals surface area contributed by atoms with Gasteiger partial charge in [0, 0.05) is 23.9 Å². The summed E-state index contributed by atoms with van der Waals surface area (Å²) in [5.41, 5.74) is 4.13. The van der Waals surface area contributed by atoms with E-state index in [2.05, 4.69) is 21.0 Å². The van der Waals surface area contributed by atoms with Crippen LogP contribution in [0.25, 0.3) is 11.1 Å². The van der Waals surface area contributed by atoms with Crippen molar-refractivity contribution in [1.29, 1.82) is 0 Å². The highest BCUT2D eigenvalue weighted by atomic mass is 16.2. The predicted octanol–water partition coefficient (Wildman–Crippen LogP) is 3.34. The largest absolute Gasteiger partial charge is 0.326 e. The molecule has 152 valence electrons. The van der Waals surface area contributed by atoms with Gasteiger partial charge in [-0.05, 0) is 36.8 Å². The number of carbonyl (C=O) groups excluding carboxylic acids is 3. The van der Waals surface area contributed by atoms with Crippen LogP contribution < -0.4 is 16.0 Å². The van der Waals surface area contributed by atoms with Crippen LogP contribution in [0.15, 0.2) is 54.7 Å². The number of amides is 3. The number of benzene rings is 2. The molecule has 1 aliphatic heterocycles. The van der Waals surface area contributed by atoms with Gasteiger partial charge in [0.2, 0.25) is 11.8 Å². The number of hydrogen-bond donors (Lipinski definition) is 3. The SMILES string of the molecule is CC(=O)Nc1ccc(NC(=O)CC2C(=O)Nc3c(-c4ccc(C)cc4)cnn32)cc1. The van der Waals surface area contributed by atoms with Crippen molar-refractivity contribution < 1.29 is 14.4 Å². The van der Waals surface area contributed by atoms with Gasteiger partial charge < -0.3 is 16.0 Å². The van der Waals surface area contributed by atoms with Crippen LogP contribution in [0.1, 0.15) is 24.9 Å². The van der Waals surface area contributed by atoms with Crippen molar-refractivity contribution in [1.82, 2.24) is 9.78 Å². The number of rotatable bonds is 5. The molecule has 2 aromatic carbocycles. The van der Waals surface area contributed by atoms with Gasteiger partial charge in [0.15, 0.2) is 0 Å². The van der Waals surface area contributed by atoms with Crippen molar-refractivity contribution in [3.05, 3.63) is 60.3 Å². The molecule has 1 atom stereocenters. The van der Waals surface area contributed by atoms with Gasteiger partial charge in [0.1, 0.15) is 11.9 Å². The topological polar surface area (TPSA) is 105 Å². The quantitative estimate of drug-likeness (QED) is 0.608. The maximum Gasteiger partial charge on any atom is 0.251 e. The lowest BCUT2D eigenvalue weighted by Gasteiger charge is -2.10. The Kier molecular flexibility index (Phi) is 5.05. The first-order chi connectivity index (χ1) is 14.4. The first kappa shape index (κ1) is 19.4. The van der Waals surface area contributed by atoms with E-state index >= 15 is 0 Å². The predicted molar refractivity (Wildman–Crippen MR) is 114 cm³/mol. The molecule has 3 amide bonds. The molecule has 3 aromatic rings. The third-order valence-corrected chi connectivity index (χ3v) is 4.87. The molecule has 0 fully saturated rings. The third-order valence-electron chi connectivity index (χ3n) is 4.87. The second kappa shape index (κ2) is 7.82. The smallest absolute Gasteiger partial charge is 0.251 e. The highest BCUT2D eigenvalue weighted by Crippen LogP contribution is 2.35. The Labute approximate surface area is 173 Å². The molecule has 1 aromatic heterocycles. The maximum atomic E-state index is 12.5. The maximum absolute atomic E-state index is 12.5. The number of hydrogen-bond acceptors (Lipinski definition) is 4. The molecule has 1 aliphatic rings. The van der Waals surface area contributed by atoms with E-state index in [9.17, 15) is 14.4 Å². The van der Waals surface area contributed by atoms with Crippen LogP contribution in [-0.2, 0) is 14.4 Å². The van der Waals surface area contributed by atoms with Crippen LogP contribution in [0.5, 0.6) is 0 Å². The Morgan fingerprint density at radius 3 is 2.30 bits per heavy atom. The minimum atomic E-state index is -0.710. The van der Waals surface area contributed by atoms with Gasteiger partial charge in [-0.3, -0.25) is 14.4 Å². The molecular weight excluding hydrogens is 382 g/mol. The summed E-state index contributed by atoms with van der Waals surface area (Å²) in [6, 6.07) is 14.0. The number of fused-ring (bicyclic) bond motifs is 1. The summed E-state index contributed by atoms with van der Waals surface area (Å²) < 4.78 is 1.57. The number of nitrogens with zero attached hydrogens (tertiary/aromatic N) is 2. The molecule has 8 nitrogen and oxygen atoms in total. The Morgan fingerprint density at radius 1 is 1.03 bits per heavy atom. The van der Waals surface area contributed by atoms with Crippen molar-refractivity contribution in [2.45, 2.75) is 26.3 Å². The summed E-state index contributed by atoms with van der Waals surface area (Å²) >= 11 is 0. The van der Waals surface area contributed by atoms with Crippen LogP contribution in [0.2, 0.25) is 0 Å². The molecule has 0 saturated carbocycles. The van der Waals surface area contributed by atoms with Crippen molar-refractivity contribution in [2.75, 3.05) is 16.0 Å². The minimum absolute atomic E-state index is 0.0404. The van der Waals surface area contributed by atoms with Crippen molar-refractivity contribution in [2.24, 2.45) is 0 Å². The van der Waals surface area contributed by atoms with E-state index < -0.39 is 6.04 Å². The van der Waals surface area contributed by atoms with E-state index in [1.165, 1.54) is 6.92 Å². The summed E-state index contributed by atoms with van der Waals surface area (Å²) in [6.07, 6.45) is 1.66. The van der Waals surface area contributed by atoms with Crippen LogP contribution in [0.4, 0.5) is 17.2 Å². The van der Waals surface area contributed by atoms with Crippen molar-refractivity contribution in [3.8, 4) is 11.1 Å². The molecule has 2 heterocycles. The van der Waals surface area contributed by atoms with Gasteiger partial charge in [-0.25, -0.2) is 4.68 Å². The molecule has 3 N–H and O–H groups in total. The highest BCUT2D eigenvalue weighted by molar-refractivity contribution is 6.04. The Morgan fingerprint density at radius 2 is 1.67 bits per heavy atom. The zero-order chi connectivity index (χ0) is 21.3. The van der Waals surface area contributed by atoms with Crippen molar-refractivity contribution in [3.63, 3.8) is 0 Å². The summed E-state index contributed by atoms with van der Waals surface area (Å²) in [5.74, 6) is -0.134. The molecule has 8 heteroatoms. The number of carbonyl (C=O) groups is 3. The zero-order valence-corrected chi connectivity index (χ0v) is 16.6. The molecule has 0 bridgehead atoms. The lowest BCUT2D eigenvalue weighted by Crippen LogP contribution is -2.23. The van der Waals surface area contributed by atoms with Gasteiger partial charge in [-0.15, -0.1) is 0 Å². The Balaban J connectivity index is 1.46. The standard InChI is InChI=1S/C22H21N5O3/c1-13-3-5-15(6-4-13)18-12-23-27-19(22(30)26-21(18)27)11-20(29)25-17-9-7-16(8-10-17)24-14(2)28/h3-10,12,19H,11H2,1-2H3,(H,24,28)(H,25,29)(H,26,30). The van der Waals surface area contributed by atoms with Crippen LogP contribution >= 0.6 is 0 Å². The fraction of sp³-hybridized carbons (Fsp3) is 0.182. The third kappa shape index (κ3) is 3.93. The molecule has 0 spiro atoms. The van der Waals surface area contributed by atoms with E-state index in [1.807, 2.05) is 31.2 Å². The lowest BCUT2D eigenvalue weighted by atomic mass is 10.1. The van der Waals surface area contributed by atoms with E-state index in [4.69, 9.17) is 0 Å². The lowest BCUT2D eigenvalue weighted by molar-refractivity contribution is -0.123. The molecule has 30 heavy (non-hydrogen) atoms. The zero-order valence-electron chi connectivity index (χ0n) is 16.6. The fourth-order valence-corrected chi connectivity index (χ4v) is 3.39. The van der Waals surface area contributed by atoms with E-state index in [0.29, 0.717) is 17.2 Å². The second-order valence-corrected chi connectivity index (χ2v) is 7.23. The van der Waals surface area contributed by atoms with Crippen LogP contribution in [-0.4, -0.2) is 27.5 Å². The van der Waals surface area contributed by atoms with Crippen molar-refractivity contribution >= 4 is 34.9 Å². The second-order valence-electron chi connectivity index (χ2n) is 7.23. The number of aromatic nitrogens is 2. The van der Waals surface area contributed by atoms with Gasteiger partial charge in [-0.2, -0.15) is 5.10 Å². The highest BCUT2D eigenvalue weighted by Gasteiger charge is 2.35. The van der Waals surface area contributed by atoms with E-state index in [1.54, 1.807) is 35.1 Å². The van der Waals surface area contributed by atoms with Gasteiger partial charge in [0.25, 0.3) is 5.91 Å². The first-order valence-corrected chi connectivity index (χ1v) is 9.53. The average Bonchev–Trinajstić information content (AvgIpc) is 3.23. The summed E-state index contributed by atoms with van der Waals surface area (Å²) in [5, 5.41) is 12.6. The Hall–Kier alpha value is -3.94. The monoisotopic (exact) mass is 403 g/mol. The number of anilines is 3. The normalized spacial score (nSPS) is 14.7. The molecule has 0 aliphatic carbocycles. The summed E-state index contributed by atoms with van der Waals surface area (Å²) in [6.45, 7) is 3.44. The molecule has 0 radical (unpaired) electrons. The molecule has 1 unspecified atom stereocenters. The van der Waals surface area contributed by atoms with E-state index in [0.717, 1.165) is 16.7 Å². The first-order valence-electron chi connectivity index (χ1n) is 9.53.